The Morgan fingerprint density at radius 3 is 2.56 bits per heavy atom. The van der Waals surface area contributed by atoms with Gasteiger partial charge < -0.3 is 9.64 Å². The Morgan fingerprint density at radius 1 is 1.03 bits per heavy atom. The number of rotatable bonds is 4. The van der Waals surface area contributed by atoms with Crippen molar-refractivity contribution < 1.29 is 4.74 Å². The monoisotopic (exact) mass is 433 g/mol. The van der Waals surface area contributed by atoms with Gasteiger partial charge in [0, 0.05) is 30.9 Å². The Bertz CT molecular complexity index is 1150. The Labute approximate surface area is 191 Å². The van der Waals surface area contributed by atoms with Gasteiger partial charge in [0.25, 0.3) is 5.56 Å². The molecule has 3 aromatic rings. The summed E-state index contributed by atoms with van der Waals surface area (Å²) in [4.78, 5) is 20.3. The van der Waals surface area contributed by atoms with E-state index in [-0.39, 0.29) is 5.56 Å². The zero-order valence-corrected chi connectivity index (χ0v) is 20.0. The summed E-state index contributed by atoms with van der Waals surface area (Å²) in [5.74, 6) is 2.69. The number of ether oxygens (including phenoxy) is 1. The van der Waals surface area contributed by atoms with Gasteiger partial charge in [-0.1, -0.05) is 27.7 Å². The van der Waals surface area contributed by atoms with Crippen molar-refractivity contribution in [2.75, 3.05) is 25.1 Å². The third-order valence-electron chi connectivity index (χ3n) is 7.07. The minimum Gasteiger partial charge on any atom is -0.496 e. The first-order valence-electron chi connectivity index (χ1n) is 11.8. The highest BCUT2D eigenvalue weighted by molar-refractivity contribution is 5.65. The first-order chi connectivity index (χ1) is 15.4. The number of anilines is 1. The van der Waals surface area contributed by atoms with Gasteiger partial charge in [0.2, 0.25) is 0 Å². The Hall–Kier alpha value is -2.82. The standard InChI is InChI=1S/C27H35N3O2/c1-18(2)23-15-21(8-10-25(23)32-5)24-16-27(31)30-17-22(9-11-26(30)28-24)29-13-6-7-19(3)20(4)12-14-29/h8-11,15-20H,6-7,12-14H2,1-5H3. The maximum Gasteiger partial charge on any atom is 0.258 e. The van der Waals surface area contributed by atoms with Gasteiger partial charge in [-0.05, 0) is 72.9 Å². The van der Waals surface area contributed by atoms with Crippen molar-refractivity contribution in [1.29, 1.82) is 0 Å². The van der Waals surface area contributed by atoms with Crippen molar-refractivity contribution in [3.63, 3.8) is 0 Å². The maximum atomic E-state index is 13.0. The summed E-state index contributed by atoms with van der Waals surface area (Å²) in [7, 11) is 1.69. The van der Waals surface area contributed by atoms with Crippen LogP contribution in [0.1, 0.15) is 58.4 Å². The van der Waals surface area contributed by atoms with E-state index in [0.717, 1.165) is 47.5 Å². The Kier molecular flexibility index (Phi) is 6.54. The number of hydrogen-bond acceptors (Lipinski definition) is 4. The largest absolute Gasteiger partial charge is 0.496 e. The number of benzene rings is 1. The van der Waals surface area contributed by atoms with Crippen LogP contribution >= 0.6 is 0 Å². The molecule has 5 nitrogen and oxygen atoms in total. The number of aromatic nitrogens is 2. The van der Waals surface area contributed by atoms with E-state index in [1.807, 2.05) is 24.4 Å². The minimum absolute atomic E-state index is 0.0530. The van der Waals surface area contributed by atoms with Crippen molar-refractivity contribution in [3.05, 3.63) is 58.5 Å². The second-order valence-electron chi connectivity index (χ2n) is 9.58. The second kappa shape index (κ2) is 9.35. The lowest BCUT2D eigenvalue weighted by Crippen LogP contribution is -2.31. The van der Waals surface area contributed by atoms with Crippen LogP contribution in [0.3, 0.4) is 0 Å². The topological polar surface area (TPSA) is 46.8 Å². The molecule has 1 aliphatic rings. The summed E-state index contributed by atoms with van der Waals surface area (Å²) in [6, 6.07) is 11.7. The van der Waals surface area contributed by atoms with Gasteiger partial charge in [0.1, 0.15) is 11.4 Å². The van der Waals surface area contributed by atoms with E-state index in [0.29, 0.717) is 17.3 Å². The normalized spacial score (nSPS) is 19.8. The van der Waals surface area contributed by atoms with Gasteiger partial charge in [-0.15, -0.1) is 0 Å². The number of nitrogens with zero attached hydrogens (tertiary/aromatic N) is 3. The van der Waals surface area contributed by atoms with Gasteiger partial charge >= 0.3 is 0 Å². The predicted molar refractivity (Wildman–Crippen MR) is 132 cm³/mol. The average molecular weight is 434 g/mol. The molecular formula is C27H35N3O2. The van der Waals surface area contributed by atoms with Crippen molar-refractivity contribution >= 4 is 11.3 Å². The minimum atomic E-state index is -0.0530. The quantitative estimate of drug-likeness (QED) is 0.525. The molecule has 2 atom stereocenters. The molecule has 1 aliphatic heterocycles. The summed E-state index contributed by atoms with van der Waals surface area (Å²) < 4.78 is 7.18. The Balaban J connectivity index is 1.67. The molecule has 0 saturated carbocycles. The molecule has 0 aliphatic carbocycles. The zero-order chi connectivity index (χ0) is 22.8. The third kappa shape index (κ3) is 4.52. The lowest BCUT2D eigenvalue weighted by Gasteiger charge is -2.31. The van der Waals surface area contributed by atoms with E-state index >= 15 is 0 Å². The van der Waals surface area contributed by atoms with Crippen molar-refractivity contribution in [2.45, 2.75) is 52.9 Å². The molecule has 1 saturated heterocycles. The smallest absolute Gasteiger partial charge is 0.258 e. The van der Waals surface area contributed by atoms with Crippen LogP contribution in [0.4, 0.5) is 5.69 Å². The van der Waals surface area contributed by atoms with E-state index < -0.39 is 0 Å². The van der Waals surface area contributed by atoms with Crippen LogP contribution in [0, 0.1) is 11.8 Å². The highest BCUT2D eigenvalue weighted by atomic mass is 16.5. The van der Waals surface area contributed by atoms with Gasteiger partial charge in [-0.3, -0.25) is 9.20 Å². The summed E-state index contributed by atoms with van der Waals surface area (Å²) in [5.41, 5.74) is 4.46. The van der Waals surface area contributed by atoms with Crippen molar-refractivity contribution in [1.82, 2.24) is 9.38 Å². The molecule has 170 valence electrons. The molecule has 0 radical (unpaired) electrons. The lowest BCUT2D eigenvalue weighted by molar-refractivity contribution is 0.322. The molecule has 3 heterocycles. The molecule has 0 bridgehead atoms. The predicted octanol–water partition coefficient (Wildman–Crippen LogP) is 5.76. The highest BCUT2D eigenvalue weighted by Crippen LogP contribution is 2.31. The SMILES string of the molecule is COc1ccc(-c2cc(=O)n3cc(N4CCCC(C)C(C)CC4)ccc3n2)cc1C(C)C. The van der Waals surface area contributed by atoms with E-state index in [4.69, 9.17) is 9.72 Å². The summed E-state index contributed by atoms with van der Waals surface area (Å²) in [6.07, 6.45) is 5.58. The fourth-order valence-corrected chi connectivity index (χ4v) is 4.67. The fraction of sp³-hybridized carbons (Fsp3) is 0.481. The average Bonchev–Trinajstić information content (AvgIpc) is 2.79. The number of fused-ring (bicyclic) bond motifs is 1. The molecule has 0 N–H and O–H groups in total. The highest BCUT2D eigenvalue weighted by Gasteiger charge is 2.19. The summed E-state index contributed by atoms with van der Waals surface area (Å²) in [5, 5.41) is 0. The van der Waals surface area contributed by atoms with Crippen LogP contribution < -0.4 is 15.2 Å². The van der Waals surface area contributed by atoms with Crippen LogP contribution in [0.5, 0.6) is 5.75 Å². The molecule has 1 aromatic carbocycles. The molecule has 0 spiro atoms. The lowest BCUT2D eigenvalue weighted by atomic mass is 9.87. The first kappa shape index (κ1) is 22.4. The summed E-state index contributed by atoms with van der Waals surface area (Å²) in [6.45, 7) is 11.1. The molecule has 5 heteroatoms. The van der Waals surface area contributed by atoms with Gasteiger partial charge in [0.15, 0.2) is 0 Å². The first-order valence-corrected chi connectivity index (χ1v) is 11.8. The van der Waals surface area contributed by atoms with Gasteiger partial charge in [-0.25, -0.2) is 4.98 Å². The number of methoxy groups -OCH3 is 1. The van der Waals surface area contributed by atoms with Gasteiger partial charge in [0.05, 0.1) is 18.5 Å². The summed E-state index contributed by atoms with van der Waals surface area (Å²) >= 11 is 0. The van der Waals surface area contributed by atoms with E-state index in [9.17, 15) is 4.79 Å². The number of hydrogen-bond donors (Lipinski definition) is 0. The van der Waals surface area contributed by atoms with Crippen LogP contribution in [0.2, 0.25) is 0 Å². The van der Waals surface area contributed by atoms with E-state index in [1.54, 1.807) is 17.6 Å². The molecule has 32 heavy (non-hydrogen) atoms. The van der Waals surface area contributed by atoms with Crippen LogP contribution in [-0.4, -0.2) is 29.6 Å². The molecule has 2 aromatic heterocycles. The van der Waals surface area contributed by atoms with Crippen molar-refractivity contribution in [2.24, 2.45) is 11.8 Å². The van der Waals surface area contributed by atoms with Crippen LogP contribution in [-0.2, 0) is 0 Å². The van der Waals surface area contributed by atoms with E-state index in [2.05, 4.69) is 44.7 Å². The molecule has 4 rings (SSSR count). The van der Waals surface area contributed by atoms with Crippen LogP contribution in [0.15, 0.2) is 47.4 Å². The third-order valence-corrected chi connectivity index (χ3v) is 7.07. The molecule has 2 unspecified atom stereocenters. The second-order valence-corrected chi connectivity index (χ2v) is 9.58. The van der Waals surface area contributed by atoms with E-state index in [1.165, 1.54) is 19.3 Å². The fourth-order valence-electron chi connectivity index (χ4n) is 4.67. The maximum absolute atomic E-state index is 13.0. The van der Waals surface area contributed by atoms with Gasteiger partial charge in [-0.2, -0.15) is 0 Å². The molecule has 0 amide bonds. The van der Waals surface area contributed by atoms with Crippen LogP contribution in [0.25, 0.3) is 16.9 Å². The number of pyridine rings is 1. The van der Waals surface area contributed by atoms with Crippen molar-refractivity contribution in [3.8, 4) is 17.0 Å². The molecular weight excluding hydrogens is 398 g/mol. The Morgan fingerprint density at radius 2 is 1.81 bits per heavy atom. The zero-order valence-electron chi connectivity index (χ0n) is 20.0. The molecule has 1 fully saturated rings.